The zero-order valence-electron chi connectivity index (χ0n) is 13.7. The number of aromatic nitrogens is 1. The Morgan fingerprint density at radius 2 is 2.04 bits per heavy atom. The molecule has 0 fully saturated rings. The third-order valence-electron chi connectivity index (χ3n) is 3.08. The van der Waals surface area contributed by atoms with Crippen LogP contribution in [0, 0.1) is 5.82 Å². The van der Waals surface area contributed by atoms with Crippen molar-refractivity contribution in [3.63, 3.8) is 0 Å². The number of methoxy groups -OCH3 is 1. The molecule has 2 aromatic rings. The van der Waals surface area contributed by atoms with Crippen LogP contribution in [0.3, 0.4) is 0 Å². The molecular weight excluding hydrogens is 311 g/mol. The van der Waals surface area contributed by atoms with Crippen molar-refractivity contribution < 1.29 is 13.9 Å². The van der Waals surface area contributed by atoms with E-state index >= 15 is 0 Å². The van der Waals surface area contributed by atoms with Gasteiger partial charge in [-0.25, -0.2) is 14.4 Å². The summed E-state index contributed by atoms with van der Waals surface area (Å²) in [6, 6.07) is 9.42. The van der Waals surface area contributed by atoms with Crippen molar-refractivity contribution >= 4 is 5.96 Å². The van der Waals surface area contributed by atoms with Crippen molar-refractivity contribution in [2.24, 2.45) is 10.7 Å². The number of nitrogens with zero attached hydrogens (tertiary/aromatic N) is 2. The summed E-state index contributed by atoms with van der Waals surface area (Å²) in [6.07, 6.45) is 1.66. The van der Waals surface area contributed by atoms with Gasteiger partial charge in [-0.15, -0.1) is 0 Å². The number of nitrogens with one attached hydrogen (secondary N) is 1. The molecule has 0 spiro atoms. The Labute approximate surface area is 140 Å². The predicted octanol–water partition coefficient (Wildman–Crippen LogP) is 2.45. The van der Waals surface area contributed by atoms with Crippen LogP contribution < -0.4 is 15.8 Å². The average molecular weight is 332 g/mol. The number of ether oxygens (including phenoxy) is 2. The number of hydrogen-bond donors (Lipinski definition) is 2. The second-order valence-electron chi connectivity index (χ2n) is 5.26. The van der Waals surface area contributed by atoms with Gasteiger partial charge in [-0.05, 0) is 36.8 Å². The van der Waals surface area contributed by atoms with E-state index in [0.29, 0.717) is 30.7 Å². The molecule has 0 aliphatic carbocycles. The molecule has 0 saturated heterocycles. The van der Waals surface area contributed by atoms with E-state index in [1.165, 1.54) is 12.1 Å². The number of nitrogens with two attached hydrogens (primary N) is 1. The predicted molar refractivity (Wildman–Crippen MR) is 90.5 cm³/mol. The van der Waals surface area contributed by atoms with Gasteiger partial charge in [0.25, 0.3) is 0 Å². The highest BCUT2D eigenvalue weighted by Crippen LogP contribution is 2.19. The van der Waals surface area contributed by atoms with Crippen LogP contribution in [0.1, 0.15) is 12.5 Å². The summed E-state index contributed by atoms with van der Waals surface area (Å²) < 4.78 is 23.4. The van der Waals surface area contributed by atoms with Crippen molar-refractivity contribution in [3.8, 4) is 11.6 Å². The lowest BCUT2D eigenvalue weighted by Gasteiger charge is -2.13. The lowest BCUT2D eigenvalue weighted by Crippen LogP contribution is -2.40. The van der Waals surface area contributed by atoms with Crippen LogP contribution in [0.25, 0.3) is 0 Å². The summed E-state index contributed by atoms with van der Waals surface area (Å²) in [5.74, 6) is 0.991. The first-order chi connectivity index (χ1) is 11.6. The zero-order valence-corrected chi connectivity index (χ0v) is 13.7. The Kier molecular flexibility index (Phi) is 6.51. The van der Waals surface area contributed by atoms with Gasteiger partial charge in [-0.1, -0.05) is 6.07 Å². The maximum atomic E-state index is 12.8. The quantitative estimate of drug-likeness (QED) is 0.601. The van der Waals surface area contributed by atoms with E-state index in [1.807, 2.05) is 13.0 Å². The summed E-state index contributed by atoms with van der Waals surface area (Å²) in [4.78, 5) is 8.44. The number of rotatable bonds is 7. The highest BCUT2D eigenvalue weighted by Gasteiger charge is 2.03. The summed E-state index contributed by atoms with van der Waals surface area (Å²) >= 11 is 0. The minimum absolute atomic E-state index is 0.0864. The van der Waals surface area contributed by atoms with Gasteiger partial charge in [0.05, 0.1) is 13.2 Å². The normalized spacial score (nSPS) is 12.7. The van der Waals surface area contributed by atoms with Crippen molar-refractivity contribution in [3.05, 3.63) is 54.0 Å². The van der Waals surface area contributed by atoms with Crippen LogP contribution in [0.15, 0.2) is 47.6 Å². The average Bonchev–Trinajstić information content (AvgIpc) is 2.56. The van der Waals surface area contributed by atoms with Gasteiger partial charge in [0.2, 0.25) is 5.88 Å². The molecule has 0 radical (unpaired) electrons. The molecule has 1 aromatic heterocycles. The number of hydrogen-bond acceptors (Lipinski definition) is 4. The van der Waals surface area contributed by atoms with Crippen LogP contribution in [0.5, 0.6) is 11.6 Å². The highest BCUT2D eigenvalue weighted by atomic mass is 19.1. The highest BCUT2D eigenvalue weighted by molar-refractivity contribution is 5.78. The largest absolute Gasteiger partial charge is 0.439 e. The van der Waals surface area contributed by atoms with E-state index in [4.69, 9.17) is 15.2 Å². The summed E-state index contributed by atoms with van der Waals surface area (Å²) in [5.41, 5.74) is 6.70. The molecule has 7 heteroatoms. The monoisotopic (exact) mass is 332 g/mol. The van der Waals surface area contributed by atoms with Crippen LogP contribution >= 0.6 is 0 Å². The molecular formula is C17H21FN4O2. The second kappa shape index (κ2) is 8.83. The minimum atomic E-state index is -0.311. The van der Waals surface area contributed by atoms with Crippen LogP contribution in [0.4, 0.5) is 4.39 Å². The van der Waals surface area contributed by atoms with Gasteiger partial charge < -0.3 is 20.5 Å². The van der Waals surface area contributed by atoms with Crippen LogP contribution in [-0.2, 0) is 11.3 Å². The summed E-state index contributed by atoms with van der Waals surface area (Å²) in [5, 5.41) is 3.03. The topological polar surface area (TPSA) is 81.8 Å². The number of halogens is 1. The van der Waals surface area contributed by atoms with E-state index in [2.05, 4.69) is 15.3 Å². The van der Waals surface area contributed by atoms with Crippen molar-refractivity contribution in [2.75, 3.05) is 13.7 Å². The van der Waals surface area contributed by atoms with Crippen LogP contribution in [0.2, 0.25) is 0 Å². The summed E-state index contributed by atoms with van der Waals surface area (Å²) in [6.45, 7) is 2.91. The minimum Gasteiger partial charge on any atom is -0.439 e. The Balaban J connectivity index is 1.88. The van der Waals surface area contributed by atoms with E-state index in [1.54, 1.807) is 31.5 Å². The molecule has 0 aliphatic heterocycles. The molecule has 3 N–H and O–H groups in total. The molecule has 24 heavy (non-hydrogen) atoms. The first kappa shape index (κ1) is 17.7. The van der Waals surface area contributed by atoms with Crippen molar-refractivity contribution in [1.29, 1.82) is 0 Å². The standard InChI is InChI=1S/C17H21FN4O2/c1-12(11-23-2)22-17(19)21-10-13-3-8-16(20-9-13)24-15-6-4-14(18)5-7-15/h3-9,12H,10-11H2,1-2H3,(H3,19,21,22). The van der Waals surface area contributed by atoms with E-state index in [0.717, 1.165) is 5.56 Å². The smallest absolute Gasteiger partial charge is 0.219 e. The van der Waals surface area contributed by atoms with Gasteiger partial charge in [-0.2, -0.15) is 0 Å². The van der Waals surface area contributed by atoms with Gasteiger partial charge >= 0.3 is 0 Å². The van der Waals surface area contributed by atoms with E-state index in [9.17, 15) is 4.39 Å². The number of guanidine groups is 1. The third-order valence-corrected chi connectivity index (χ3v) is 3.08. The Hall–Kier alpha value is -2.67. The zero-order chi connectivity index (χ0) is 17.4. The molecule has 1 aromatic carbocycles. The molecule has 128 valence electrons. The molecule has 2 rings (SSSR count). The third kappa shape index (κ3) is 5.85. The van der Waals surface area contributed by atoms with Gasteiger partial charge in [-0.3, -0.25) is 0 Å². The Bertz CT molecular complexity index is 659. The molecule has 0 aliphatic rings. The molecule has 1 unspecified atom stereocenters. The molecule has 0 bridgehead atoms. The Morgan fingerprint density at radius 3 is 2.67 bits per heavy atom. The van der Waals surface area contributed by atoms with Gasteiger partial charge in [0.15, 0.2) is 5.96 Å². The SMILES string of the molecule is COCC(C)NC(N)=NCc1ccc(Oc2ccc(F)cc2)nc1. The fourth-order valence-corrected chi connectivity index (χ4v) is 1.95. The molecule has 1 heterocycles. The molecule has 1 atom stereocenters. The van der Waals surface area contributed by atoms with Crippen LogP contribution in [-0.4, -0.2) is 30.7 Å². The Morgan fingerprint density at radius 1 is 1.29 bits per heavy atom. The number of benzene rings is 1. The van der Waals surface area contributed by atoms with Crippen molar-refractivity contribution in [2.45, 2.75) is 19.5 Å². The number of aliphatic imine (C=N–C) groups is 1. The maximum absolute atomic E-state index is 12.8. The fourth-order valence-electron chi connectivity index (χ4n) is 1.95. The van der Waals surface area contributed by atoms with E-state index in [-0.39, 0.29) is 11.9 Å². The first-order valence-electron chi connectivity index (χ1n) is 7.50. The molecule has 0 amide bonds. The maximum Gasteiger partial charge on any atom is 0.219 e. The molecule has 0 saturated carbocycles. The van der Waals surface area contributed by atoms with E-state index < -0.39 is 0 Å². The number of pyridine rings is 1. The van der Waals surface area contributed by atoms with Gasteiger partial charge in [0.1, 0.15) is 11.6 Å². The van der Waals surface area contributed by atoms with Crippen molar-refractivity contribution in [1.82, 2.24) is 10.3 Å². The summed E-state index contributed by atoms with van der Waals surface area (Å²) in [7, 11) is 1.63. The lowest BCUT2D eigenvalue weighted by molar-refractivity contribution is 0.179. The fraction of sp³-hybridized carbons (Fsp3) is 0.294. The first-order valence-corrected chi connectivity index (χ1v) is 7.50. The second-order valence-corrected chi connectivity index (χ2v) is 5.26. The lowest BCUT2D eigenvalue weighted by atomic mass is 10.3. The van der Waals surface area contributed by atoms with Gasteiger partial charge in [0, 0.05) is 25.4 Å². The molecule has 6 nitrogen and oxygen atoms in total.